The highest BCUT2D eigenvalue weighted by Gasteiger charge is 2.19. The van der Waals surface area contributed by atoms with Gasteiger partial charge >= 0.3 is 11.9 Å². The Bertz CT molecular complexity index is 1300. The molecule has 2 fully saturated rings. The lowest BCUT2D eigenvalue weighted by atomic mass is 10.0. The van der Waals surface area contributed by atoms with Gasteiger partial charge in [0.2, 0.25) is 0 Å². The van der Waals surface area contributed by atoms with Crippen molar-refractivity contribution >= 4 is 45.9 Å². The van der Waals surface area contributed by atoms with Crippen LogP contribution in [0.1, 0.15) is 44.4 Å². The van der Waals surface area contributed by atoms with Gasteiger partial charge in [0, 0.05) is 50.3 Å². The predicted octanol–water partition coefficient (Wildman–Crippen LogP) is 5.08. The van der Waals surface area contributed by atoms with Crippen molar-refractivity contribution in [1.29, 1.82) is 0 Å². The van der Waals surface area contributed by atoms with Gasteiger partial charge in [-0.15, -0.1) is 0 Å². The molecule has 2 aliphatic rings. The van der Waals surface area contributed by atoms with Crippen molar-refractivity contribution in [2.24, 2.45) is 0 Å². The van der Waals surface area contributed by atoms with Crippen LogP contribution in [0.2, 0.25) is 0 Å². The molecule has 2 saturated heterocycles. The molecule has 206 valence electrons. The Kier molecular flexibility index (Phi) is 9.54. The van der Waals surface area contributed by atoms with Gasteiger partial charge in [0.15, 0.2) is 0 Å². The zero-order valence-corrected chi connectivity index (χ0v) is 22.8. The minimum absolute atomic E-state index is 1.04. The number of hydrogen-bond acceptors (Lipinski definition) is 6. The van der Waals surface area contributed by atoms with Crippen LogP contribution >= 0.6 is 0 Å². The molecular formula is C31H38N4O4. The summed E-state index contributed by atoms with van der Waals surface area (Å²) < 4.78 is 0. The van der Waals surface area contributed by atoms with E-state index in [2.05, 4.69) is 89.2 Å². The van der Waals surface area contributed by atoms with Gasteiger partial charge in [-0.3, -0.25) is 0 Å². The number of allylic oxidation sites excluding steroid dienone is 1. The van der Waals surface area contributed by atoms with Gasteiger partial charge in [0.25, 0.3) is 0 Å². The number of fused-ring (bicyclic) bond motifs is 1. The summed E-state index contributed by atoms with van der Waals surface area (Å²) >= 11 is 0. The third-order valence-electron chi connectivity index (χ3n) is 7.45. The molecule has 1 aromatic heterocycles. The maximum Gasteiger partial charge on any atom is 0.414 e. The number of pyridine rings is 1. The lowest BCUT2D eigenvalue weighted by Gasteiger charge is -2.35. The van der Waals surface area contributed by atoms with Crippen molar-refractivity contribution in [1.82, 2.24) is 9.88 Å². The maximum absolute atomic E-state index is 9.10. The van der Waals surface area contributed by atoms with Gasteiger partial charge in [-0.25, -0.2) is 14.6 Å². The van der Waals surface area contributed by atoms with E-state index in [1.165, 1.54) is 59.9 Å². The van der Waals surface area contributed by atoms with Crippen molar-refractivity contribution in [3.8, 4) is 0 Å². The van der Waals surface area contributed by atoms with Crippen LogP contribution in [0, 0.1) is 0 Å². The average molecular weight is 531 g/mol. The van der Waals surface area contributed by atoms with Crippen molar-refractivity contribution in [2.45, 2.75) is 33.1 Å². The molecule has 8 nitrogen and oxygen atoms in total. The average Bonchev–Trinajstić information content (AvgIpc) is 2.97. The van der Waals surface area contributed by atoms with Crippen LogP contribution in [-0.2, 0) is 9.59 Å². The van der Waals surface area contributed by atoms with E-state index in [9.17, 15) is 0 Å². The molecule has 3 heterocycles. The van der Waals surface area contributed by atoms with Crippen LogP contribution in [0.15, 0.2) is 54.6 Å². The third kappa shape index (κ3) is 7.35. The van der Waals surface area contributed by atoms with E-state index in [0.717, 1.165) is 44.2 Å². The second-order valence-corrected chi connectivity index (χ2v) is 10.0. The zero-order valence-electron chi connectivity index (χ0n) is 22.8. The summed E-state index contributed by atoms with van der Waals surface area (Å²) in [6, 6.07) is 20.0. The normalized spacial score (nSPS) is 16.5. The summed E-state index contributed by atoms with van der Waals surface area (Å²) in [6.07, 6.45) is 6.23. The van der Waals surface area contributed by atoms with Crippen LogP contribution in [-0.4, -0.2) is 77.8 Å². The predicted molar refractivity (Wildman–Crippen MR) is 157 cm³/mol. The minimum atomic E-state index is -1.82. The molecule has 5 rings (SSSR count). The number of hydrogen-bond donors (Lipinski definition) is 2. The summed E-state index contributed by atoms with van der Waals surface area (Å²) in [7, 11) is 0. The Morgan fingerprint density at radius 1 is 0.846 bits per heavy atom. The number of likely N-dealkylation sites (N-methyl/N-ethyl adjacent to an activating group) is 1. The molecule has 0 saturated carbocycles. The molecule has 0 radical (unpaired) electrons. The van der Waals surface area contributed by atoms with E-state index in [0.29, 0.717) is 0 Å². The summed E-state index contributed by atoms with van der Waals surface area (Å²) in [6.45, 7) is 12.2. The highest BCUT2D eigenvalue weighted by molar-refractivity contribution is 6.27. The van der Waals surface area contributed by atoms with Gasteiger partial charge in [-0.05, 0) is 73.5 Å². The Balaban J connectivity index is 0.000000531. The van der Waals surface area contributed by atoms with Gasteiger partial charge in [0.05, 0.1) is 5.69 Å². The van der Waals surface area contributed by atoms with E-state index < -0.39 is 11.9 Å². The smallest absolute Gasteiger partial charge is 0.414 e. The molecule has 0 atom stereocenters. The van der Waals surface area contributed by atoms with Crippen molar-refractivity contribution in [3.63, 3.8) is 0 Å². The fourth-order valence-electron chi connectivity index (χ4n) is 5.18. The highest BCUT2D eigenvalue weighted by atomic mass is 16.4. The molecule has 39 heavy (non-hydrogen) atoms. The van der Waals surface area contributed by atoms with Crippen LogP contribution in [0.4, 0.5) is 11.5 Å². The van der Waals surface area contributed by atoms with Crippen LogP contribution in [0.25, 0.3) is 22.4 Å². The lowest BCUT2D eigenvalue weighted by molar-refractivity contribution is -0.159. The minimum Gasteiger partial charge on any atom is -0.473 e. The molecule has 2 aromatic carbocycles. The maximum atomic E-state index is 9.10. The Morgan fingerprint density at radius 2 is 1.49 bits per heavy atom. The number of carboxylic acid groups (broad SMARTS) is 2. The van der Waals surface area contributed by atoms with E-state index in [1.807, 2.05) is 0 Å². The van der Waals surface area contributed by atoms with Crippen LogP contribution in [0.3, 0.4) is 0 Å². The van der Waals surface area contributed by atoms with E-state index >= 15 is 0 Å². The standard InChI is InChI=1S/C29H36N4.C2H2O4/c1-3-31-17-19-33(20-18-31)29-28-10-6-5-9-25(28)22-26(30-29)21-23(2)24-11-13-27(14-12-24)32-15-7-4-8-16-32;3-1(4)2(5)6/h5-6,9-14,21-22H,3-4,7-8,15-20H2,1-2H3;(H,3,4)(H,5,6)/b23-21+;. The summed E-state index contributed by atoms with van der Waals surface area (Å²) in [5.41, 5.74) is 4.91. The zero-order chi connectivity index (χ0) is 27.8. The summed E-state index contributed by atoms with van der Waals surface area (Å²) in [5, 5.41) is 17.3. The molecule has 0 bridgehead atoms. The summed E-state index contributed by atoms with van der Waals surface area (Å²) in [4.78, 5) is 30.9. The van der Waals surface area contributed by atoms with Gasteiger partial charge in [-0.2, -0.15) is 0 Å². The molecule has 3 aromatic rings. The first kappa shape index (κ1) is 28.1. The number of anilines is 2. The summed E-state index contributed by atoms with van der Waals surface area (Å²) in [5.74, 6) is -2.52. The second kappa shape index (κ2) is 13.2. The van der Waals surface area contributed by atoms with E-state index in [-0.39, 0.29) is 0 Å². The molecule has 0 spiro atoms. The Hall–Kier alpha value is -3.91. The third-order valence-corrected chi connectivity index (χ3v) is 7.45. The van der Waals surface area contributed by atoms with E-state index in [4.69, 9.17) is 24.8 Å². The number of benzene rings is 2. The molecule has 2 N–H and O–H groups in total. The van der Waals surface area contributed by atoms with E-state index in [1.54, 1.807) is 0 Å². The number of piperidine rings is 1. The number of rotatable bonds is 5. The van der Waals surface area contributed by atoms with Gasteiger partial charge < -0.3 is 24.9 Å². The molecule has 0 unspecified atom stereocenters. The van der Waals surface area contributed by atoms with Crippen LogP contribution < -0.4 is 9.80 Å². The second-order valence-electron chi connectivity index (χ2n) is 10.0. The van der Waals surface area contributed by atoms with Gasteiger partial charge in [-0.1, -0.05) is 43.3 Å². The molecule has 0 amide bonds. The number of aromatic nitrogens is 1. The Morgan fingerprint density at radius 3 is 2.10 bits per heavy atom. The van der Waals surface area contributed by atoms with Crippen molar-refractivity contribution < 1.29 is 19.8 Å². The molecule has 0 aliphatic carbocycles. The first-order valence-corrected chi connectivity index (χ1v) is 13.7. The van der Waals surface area contributed by atoms with Crippen LogP contribution in [0.5, 0.6) is 0 Å². The molecule has 2 aliphatic heterocycles. The quantitative estimate of drug-likeness (QED) is 0.441. The highest BCUT2D eigenvalue weighted by Crippen LogP contribution is 2.29. The lowest BCUT2D eigenvalue weighted by Crippen LogP contribution is -2.46. The molecular weight excluding hydrogens is 492 g/mol. The number of nitrogens with zero attached hydrogens (tertiary/aromatic N) is 4. The van der Waals surface area contributed by atoms with Crippen molar-refractivity contribution in [3.05, 3.63) is 65.9 Å². The number of aliphatic carboxylic acids is 2. The fraction of sp³-hybridized carbons (Fsp3) is 0.387. The topological polar surface area (TPSA) is 97.2 Å². The first-order valence-electron chi connectivity index (χ1n) is 13.7. The Labute approximate surface area is 230 Å². The number of carboxylic acids is 2. The number of carbonyl (C=O) groups is 2. The SMILES string of the molecule is CCN1CCN(c2nc(/C=C(\C)c3ccc(N4CCCCC4)cc3)cc3ccccc23)CC1.O=C(O)C(=O)O. The molecule has 8 heteroatoms. The largest absolute Gasteiger partial charge is 0.473 e. The monoisotopic (exact) mass is 530 g/mol. The number of piperazine rings is 1. The fourth-order valence-corrected chi connectivity index (χ4v) is 5.18. The first-order chi connectivity index (χ1) is 18.9. The van der Waals surface area contributed by atoms with Crippen molar-refractivity contribution in [2.75, 3.05) is 55.6 Å². The van der Waals surface area contributed by atoms with Gasteiger partial charge in [0.1, 0.15) is 5.82 Å².